The van der Waals surface area contributed by atoms with Crippen LogP contribution in [-0.4, -0.2) is 7.05 Å². The Balaban J connectivity index is 2.00. The summed E-state index contributed by atoms with van der Waals surface area (Å²) in [5.41, 5.74) is 1.65. The molecule has 0 radical (unpaired) electrons. The Morgan fingerprint density at radius 3 is 2.19 bits per heavy atom. The zero-order chi connectivity index (χ0) is 15.2. The lowest BCUT2D eigenvalue weighted by atomic mass is 10.0. The van der Waals surface area contributed by atoms with Gasteiger partial charge in [-0.1, -0.05) is 19.1 Å². The normalized spacial score (nSPS) is 12.2. The fraction of sp³-hybridized carbons (Fsp3) is 0.294. The van der Waals surface area contributed by atoms with Gasteiger partial charge in [-0.3, -0.25) is 0 Å². The van der Waals surface area contributed by atoms with Crippen LogP contribution in [0.1, 0.15) is 30.5 Å². The van der Waals surface area contributed by atoms with E-state index in [1.165, 1.54) is 17.7 Å². The largest absolute Gasteiger partial charge is 0.489 e. The lowest BCUT2D eigenvalue weighted by Crippen LogP contribution is -2.14. The summed E-state index contributed by atoms with van der Waals surface area (Å²) in [6.45, 7) is 2.25. The second kappa shape index (κ2) is 7.18. The van der Waals surface area contributed by atoms with Gasteiger partial charge in [0.25, 0.3) is 0 Å². The smallest absolute Gasteiger partial charge is 0.126 e. The first-order chi connectivity index (χ1) is 10.1. The van der Waals surface area contributed by atoms with Crippen LogP contribution < -0.4 is 10.1 Å². The molecule has 0 heterocycles. The Bertz CT molecular complexity index is 560. The maximum absolute atomic E-state index is 13.1. The predicted molar refractivity (Wildman–Crippen MR) is 79.2 cm³/mol. The third-order valence-corrected chi connectivity index (χ3v) is 3.37. The number of rotatable bonds is 6. The highest BCUT2D eigenvalue weighted by Gasteiger charge is 2.06. The third-order valence-electron chi connectivity index (χ3n) is 3.37. The van der Waals surface area contributed by atoms with Gasteiger partial charge >= 0.3 is 0 Å². The first-order valence-electron chi connectivity index (χ1n) is 6.97. The van der Waals surface area contributed by atoms with Crippen LogP contribution in [0.2, 0.25) is 0 Å². The van der Waals surface area contributed by atoms with Gasteiger partial charge in [-0.15, -0.1) is 0 Å². The Morgan fingerprint density at radius 1 is 1.05 bits per heavy atom. The molecule has 0 saturated heterocycles. The Hall–Kier alpha value is -1.94. The molecule has 0 aliphatic heterocycles. The molecular weight excluding hydrogens is 272 g/mol. The second-order valence-corrected chi connectivity index (χ2v) is 4.88. The first kappa shape index (κ1) is 15.4. The molecule has 0 saturated carbocycles. The van der Waals surface area contributed by atoms with E-state index in [0.717, 1.165) is 12.5 Å². The van der Waals surface area contributed by atoms with Gasteiger partial charge in [0.15, 0.2) is 0 Å². The summed E-state index contributed by atoms with van der Waals surface area (Å²) in [6, 6.07) is 11.4. The molecule has 1 N–H and O–H groups in total. The maximum Gasteiger partial charge on any atom is 0.126 e. The molecule has 0 aromatic heterocycles. The van der Waals surface area contributed by atoms with Gasteiger partial charge in [0.05, 0.1) is 0 Å². The minimum Gasteiger partial charge on any atom is -0.489 e. The van der Waals surface area contributed by atoms with Crippen LogP contribution in [0, 0.1) is 11.6 Å². The standard InChI is InChI=1S/C17H19F2NO/c1-3-17(20-2)13-4-6-16(7-5-13)21-11-12-8-14(18)10-15(19)9-12/h4-10,17,20H,3,11H2,1-2H3. The molecule has 0 aliphatic rings. The van der Waals surface area contributed by atoms with Crippen molar-refractivity contribution in [3.8, 4) is 5.75 Å². The van der Waals surface area contributed by atoms with Gasteiger partial charge in [0.1, 0.15) is 24.0 Å². The average Bonchev–Trinajstić information content (AvgIpc) is 2.47. The topological polar surface area (TPSA) is 21.3 Å². The lowest BCUT2D eigenvalue weighted by molar-refractivity contribution is 0.304. The van der Waals surface area contributed by atoms with Gasteiger partial charge in [-0.2, -0.15) is 0 Å². The van der Waals surface area contributed by atoms with E-state index in [1.807, 2.05) is 31.3 Å². The SMILES string of the molecule is CCC(NC)c1ccc(OCc2cc(F)cc(F)c2)cc1. The molecule has 2 nitrogen and oxygen atoms in total. The molecule has 0 amide bonds. The molecule has 0 aliphatic carbocycles. The van der Waals surface area contributed by atoms with Gasteiger partial charge in [-0.05, 0) is 48.9 Å². The summed E-state index contributed by atoms with van der Waals surface area (Å²) in [5, 5.41) is 3.23. The third kappa shape index (κ3) is 4.26. The molecule has 1 unspecified atom stereocenters. The summed E-state index contributed by atoms with van der Waals surface area (Å²) in [6.07, 6.45) is 0.999. The molecule has 2 aromatic carbocycles. The second-order valence-electron chi connectivity index (χ2n) is 4.88. The van der Waals surface area contributed by atoms with Crippen LogP contribution >= 0.6 is 0 Å². The Kier molecular flexibility index (Phi) is 5.28. The number of ether oxygens (including phenoxy) is 1. The predicted octanol–water partition coefficient (Wildman–Crippen LogP) is 4.21. The summed E-state index contributed by atoms with van der Waals surface area (Å²) >= 11 is 0. The summed E-state index contributed by atoms with van der Waals surface area (Å²) in [5.74, 6) is -0.512. The van der Waals surface area contributed by atoms with Crippen LogP contribution in [-0.2, 0) is 6.61 Å². The zero-order valence-corrected chi connectivity index (χ0v) is 12.2. The van der Waals surface area contributed by atoms with E-state index < -0.39 is 11.6 Å². The van der Waals surface area contributed by atoms with Crippen molar-refractivity contribution in [1.29, 1.82) is 0 Å². The monoisotopic (exact) mass is 291 g/mol. The summed E-state index contributed by atoms with van der Waals surface area (Å²) in [7, 11) is 1.93. The number of halogens is 2. The molecule has 1 atom stereocenters. The van der Waals surface area contributed by atoms with Crippen molar-refractivity contribution in [2.75, 3.05) is 7.05 Å². The van der Waals surface area contributed by atoms with Crippen LogP contribution in [0.4, 0.5) is 8.78 Å². The number of benzene rings is 2. The van der Waals surface area contributed by atoms with Crippen molar-refractivity contribution in [3.05, 3.63) is 65.2 Å². The average molecular weight is 291 g/mol. The van der Waals surface area contributed by atoms with Crippen molar-refractivity contribution in [1.82, 2.24) is 5.32 Å². The first-order valence-corrected chi connectivity index (χ1v) is 6.97. The molecule has 0 bridgehead atoms. The number of hydrogen-bond donors (Lipinski definition) is 1. The highest BCUT2D eigenvalue weighted by atomic mass is 19.1. The van der Waals surface area contributed by atoms with Crippen LogP contribution in [0.25, 0.3) is 0 Å². The fourth-order valence-corrected chi connectivity index (χ4v) is 2.26. The van der Waals surface area contributed by atoms with Crippen LogP contribution in [0.15, 0.2) is 42.5 Å². The van der Waals surface area contributed by atoms with Crippen LogP contribution in [0.3, 0.4) is 0 Å². The lowest BCUT2D eigenvalue weighted by Gasteiger charge is -2.15. The quantitative estimate of drug-likeness (QED) is 0.860. The summed E-state index contributed by atoms with van der Waals surface area (Å²) in [4.78, 5) is 0. The molecule has 21 heavy (non-hydrogen) atoms. The van der Waals surface area contributed by atoms with Crippen molar-refractivity contribution >= 4 is 0 Å². The zero-order valence-electron chi connectivity index (χ0n) is 12.2. The van der Waals surface area contributed by atoms with Crippen molar-refractivity contribution in [3.63, 3.8) is 0 Å². The van der Waals surface area contributed by atoms with Gasteiger partial charge in [0, 0.05) is 12.1 Å². The number of nitrogens with one attached hydrogen (secondary N) is 1. The molecule has 4 heteroatoms. The van der Waals surface area contributed by atoms with Gasteiger partial charge in [0.2, 0.25) is 0 Å². The molecular formula is C17H19F2NO. The number of hydrogen-bond acceptors (Lipinski definition) is 2. The van der Waals surface area contributed by atoms with Gasteiger partial charge in [-0.25, -0.2) is 8.78 Å². The Morgan fingerprint density at radius 2 is 1.67 bits per heavy atom. The minimum atomic E-state index is -0.594. The Labute approximate surface area is 123 Å². The van der Waals surface area contributed by atoms with E-state index in [1.54, 1.807) is 0 Å². The van der Waals surface area contributed by atoms with E-state index in [2.05, 4.69) is 12.2 Å². The molecule has 2 aromatic rings. The van der Waals surface area contributed by atoms with Crippen molar-refractivity contribution in [2.24, 2.45) is 0 Å². The van der Waals surface area contributed by atoms with E-state index in [9.17, 15) is 8.78 Å². The van der Waals surface area contributed by atoms with E-state index >= 15 is 0 Å². The highest BCUT2D eigenvalue weighted by molar-refractivity contribution is 5.29. The van der Waals surface area contributed by atoms with E-state index in [0.29, 0.717) is 17.4 Å². The minimum absolute atomic E-state index is 0.136. The summed E-state index contributed by atoms with van der Waals surface area (Å²) < 4.78 is 31.7. The van der Waals surface area contributed by atoms with Crippen LogP contribution in [0.5, 0.6) is 5.75 Å². The highest BCUT2D eigenvalue weighted by Crippen LogP contribution is 2.20. The molecule has 0 spiro atoms. The molecule has 0 fully saturated rings. The van der Waals surface area contributed by atoms with Crippen molar-refractivity contribution < 1.29 is 13.5 Å². The fourth-order valence-electron chi connectivity index (χ4n) is 2.26. The van der Waals surface area contributed by atoms with E-state index in [-0.39, 0.29) is 6.61 Å². The van der Waals surface area contributed by atoms with E-state index in [4.69, 9.17) is 4.74 Å². The van der Waals surface area contributed by atoms with Crippen molar-refractivity contribution in [2.45, 2.75) is 26.0 Å². The molecule has 112 valence electrons. The maximum atomic E-state index is 13.1. The van der Waals surface area contributed by atoms with Gasteiger partial charge < -0.3 is 10.1 Å². The molecule has 2 rings (SSSR count).